The highest BCUT2D eigenvalue weighted by atomic mass is 35.5. The molecule has 1 atom stereocenters. The van der Waals surface area contributed by atoms with Gasteiger partial charge in [0.2, 0.25) is 0 Å². The van der Waals surface area contributed by atoms with Crippen LogP contribution in [0.5, 0.6) is 0 Å². The highest BCUT2D eigenvalue weighted by molar-refractivity contribution is 6.35. The summed E-state index contributed by atoms with van der Waals surface area (Å²) in [6.45, 7) is 6.84. The molecule has 6 nitrogen and oxygen atoms in total. The highest BCUT2D eigenvalue weighted by Gasteiger charge is 2.23. The third-order valence-electron chi connectivity index (χ3n) is 4.10. The lowest BCUT2D eigenvalue weighted by Crippen LogP contribution is -2.37. The number of aromatic nitrogens is 2. The van der Waals surface area contributed by atoms with E-state index in [-0.39, 0.29) is 26.9 Å². The standard InChI is InChI=1S/C21H20Cl2FN3O3/c1-11(25-20(29)30-21(2,3)4)18-26-16-7-5-6-15(23)17(16)19(28)27(18)14-9-12(22)8-13(24)10-14/h5-11H,1-4H3,(H,25,29). The molecule has 0 bridgehead atoms. The molecule has 0 aliphatic carbocycles. The average molecular weight is 452 g/mol. The summed E-state index contributed by atoms with van der Waals surface area (Å²) in [4.78, 5) is 30.1. The van der Waals surface area contributed by atoms with Crippen LogP contribution in [0.15, 0.2) is 41.2 Å². The molecule has 1 N–H and O–H groups in total. The summed E-state index contributed by atoms with van der Waals surface area (Å²) in [6.07, 6.45) is -0.681. The zero-order valence-electron chi connectivity index (χ0n) is 16.8. The van der Waals surface area contributed by atoms with Crippen molar-refractivity contribution in [1.82, 2.24) is 14.9 Å². The molecular formula is C21H20Cl2FN3O3. The molecule has 1 unspecified atom stereocenters. The van der Waals surface area contributed by atoms with Gasteiger partial charge in [-0.05, 0) is 58.0 Å². The molecule has 3 aromatic rings. The Kier molecular flexibility index (Phi) is 6.06. The number of benzene rings is 2. The molecule has 0 fully saturated rings. The van der Waals surface area contributed by atoms with E-state index in [1.54, 1.807) is 45.9 Å². The number of halogens is 3. The Hall–Kier alpha value is -2.64. The lowest BCUT2D eigenvalue weighted by molar-refractivity contribution is 0.0505. The molecule has 1 heterocycles. The van der Waals surface area contributed by atoms with Gasteiger partial charge in [0.1, 0.15) is 17.2 Å². The van der Waals surface area contributed by atoms with Gasteiger partial charge in [0, 0.05) is 5.02 Å². The van der Waals surface area contributed by atoms with Crippen LogP contribution in [-0.4, -0.2) is 21.2 Å². The van der Waals surface area contributed by atoms with Crippen molar-refractivity contribution in [2.45, 2.75) is 39.3 Å². The van der Waals surface area contributed by atoms with Crippen LogP contribution in [0.2, 0.25) is 10.0 Å². The smallest absolute Gasteiger partial charge is 0.408 e. The Morgan fingerprint density at radius 1 is 1.23 bits per heavy atom. The van der Waals surface area contributed by atoms with Crippen LogP contribution in [0.25, 0.3) is 16.6 Å². The average Bonchev–Trinajstić information content (AvgIpc) is 2.58. The Labute approximate surface area is 182 Å². The number of fused-ring (bicyclic) bond motifs is 1. The summed E-state index contributed by atoms with van der Waals surface area (Å²) >= 11 is 12.2. The van der Waals surface area contributed by atoms with Crippen molar-refractivity contribution in [2.24, 2.45) is 0 Å². The maximum Gasteiger partial charge on any atom is 0.408 e. The number of nitrogens with one attached hydrogen (secondary N) is 1. The molecule has 0 aliphatic rings. The number of alkyl carbamates (subject to hydrolysis) is 1. The van der Waals surface area contributed by atoms with Gasteiger partial charge in [-0.15, -0.1) is 0 Å². The largest absolute Gasteiger partial charge is 0.444 e. The van der Waals surface area contributed by atoms with Crippen molar-refractivity contribution >= 4 is 40.2 Å². The van der Waals surface area contributed by atoms with Crippen LogP contribution in [0, 0.1) is 5.82 Å². The quantitative estimate of drug-likeness (QED) is 0.576. The number of carbonyl (C=O) groups is 1. The summed E-state index contributed by atoms with van der Waals surface area (Å²) < 4.78 is 20.5. The molecule has 0 spiro atoms. The molecule has 3 rings (SSSR count). The van der Waals surface area contributed by atoms with Gasteiger partial charge in [-0.2, -0.15) is 0 Å². The van der Waals surface area contributed by atoms with E-state index < -0.39 is 29.1 Å². The summed E-state index contributed by atoms with van der Waals surface area (Å²) in [6, 6.07) is 7.82. The number of ether oxygens (including phenoxy) is 1. The third-order valence-corrected chi connectivity index (χ3v) is 4.63. The molecule has 0 saturated heterocycles. The van der Waals surface area contributed by atoms with Gasteiger partial charge in [-0.3, -0.25) is 9.36 Å². The molecule has 158 valence electrons. The van der Waals surface area contributed by atoms with Gasteiger partial charge < -0.3 is 10.1 Å². The van der Waals surface area contributed by atoms with Crippen LogP contribution in [0.1, 0.15) is 39.6 Å². The maximum atomic E-state index is 14.0. The normalized spacial score (nSPS) is 12.6. The van der Waals surface area contributed by atoms with E-state index in [1.165, 1.54) is 10.6 Å². The zero-order chi connectivity index (χ0) is 22.2. The first-order valence-electron chi connectivity index (χ1n) is 9.13. The first kappa shape index (κ1) is 22.1. The third kappa shape index (κ3) is 4.74. The van der Waals surface area contributed by atoms with E-state index in [0.717, 1.165) is 12.1 Å². The summed E-state index contributed by atoms with van der Waals surface area (Å²) in [5, 5.41) is 3.14. The second kappa shape index (κ2) is 8.24. The van der Waals surface area contributed by atoms with Gasteiger partial charge in [0.05, 0.1) is 27.7 Å². The van der Waals surface area contributed by atoms with Gasteiger partial charge in [-0.25, -0.2) is 14.2 Å². The first-order chi connectivity index (χ1) is 14.0. The van der Waals surface area contributed by atoms with Crippen molar-refractivity contribution in [2.75, 3.05) is 0 Å². The topological polar surface area (TPSA) is 73.2 Å². The van der Waals surface area contributed by atoms with Crippen molar-refractivity contribution in [3.63, 3.8) is 0 Å². The number of hydrogen-bond acceptors (Lipinski definition) is 4. The van der Waals surface area contributed by atoms with Crippen LogP contribution in [0.4, 0.5) is 9.18 Å². The number of rotatable bonds is 3. The Bertz CT molecular complexity index is 1170. The van der Waals surface area contributed by atoms with E-state index >= 15 is 0 Å². The van der Waals surface area contributed by atoms with Crippen molar-refractivity contribution in [1.29, 1.82) is 0 Å². The number of nitrogens with zero attached hydrogens (tertiary/aromatic N) is 2. The van der Waals surface area contributed by atoms with E-state index in [0.29, 0.717) is 5.52 Å². The lowest BCUT2D eigenvalue weighted by Gasteiger charge is -2.23. The second-order valence-electron chi connectivity index (χ2n) is 7.74. The summed E-state index contributed by atoms with van der Waals surface area (Å²) in [5.74, 6) is -0.454. The second-order valence-corrected chi connectivity index (χ2v) is 8.58. The van der Waals surface area contributed by atoms with Crippen molar-refractivity contribution in [3.05, 3.63) is 68.4 Å². The molecule has 1 aromatic heterocycles. The van der Waals surface area contributed by atoms with Gasteiger partial charge in [0.25, 0.3) is 5.56 Å². The zero-order valence-corrected chi connectivity index (χ0v) is 18.3. The number of hydrogen-bond donors (Lipinski definition) is 1. The monoisotopic (exact) mass is 451 g/mol. The molecule has 30 heavy (non-hydrogen) atoms. The Morgan fingerprint density at radius 3 is 2.57 bits per heavy atom. The lowest BCUT2D eigenvalue weighted by atomic mass is 10.2. The fraction of sp³-hybridized carbons (Fsp3) is 0.286. The SMILES string of the molecule is CC(NC(=O)OC(C)(C)C)c1nc2cccc(Cl)c2c(=O)n1-c1cc(F)cc(Cl)c1. The van der Waals surface area contributed by atoms with E-state index in [9.17, 15) is 14.0 Å². The summed E-state index contributed by atoms with van der Waals surface area (Å²) in [7, 11) is 0. The fourth-order valence-corrected chi connectivity index (χ4v) is 3.43. The van der Waals surface area contributed by atoms with Gasteiger partial charge >= 0.3 is 6.09 Å². The van der Waals surface area contributed by atoms with Crippen LogP contribution >= 0.6 is 23.2 Å². The Morgan fingerprint density at radius 2 is 1.93 bits per heavy atom. The first-order valence-corrected chi connectivity index (χ1v) is 9.89. The van der Waals surface area contributed by atoms with Crippen molar-refractivity contribution in [3.8, 4) is 5.69 Å². The summed E-state index contributed by atoms with van der Waals surface area (Å²) in [5.41, 5.74) is -0.712. The number of amides is 1. The van der Waals surface area contributed by atoms with Crippen molar-refractivity contribution < 1.29 is 13.9 Å². The van der Waals surface area contributed by atoms with E-state index in [1.807, 2.05) is 0 Å². The molecule has 1 amide bonds. The Balaban J connectivity index is 2.22. The highest BCUT2D eigenvalue weighted by Crippen LogP contribution is 2.25. The molecular weight excluding hydrogens is 432 g/mol. The van der Waals surface area contributed by atoms with Crippen LogP contribution in [-0.2, 0) is 4.74 Å². The molecule has 9 heteroatoms. The van der Waals surface area contributed by atoms with Crippen LogP contribution < -0.4 is 10.9 Å². The minimum Gasteiger partial charge on any atom is -0.444 e. The molecule has 0 aliphatic heterocycles. The molecule has 0 radical (unpaired) electrons. The predicted molar refractivity (Wildman–Crippen MR) is 115 cm³/mol. The molecule has 0 saturated carbocycles. The van der Waals surface area contributed by atoms with Gasteiger partial charge in [-0.1, -0.05) is 29.3 Å². The minimum atomic E-state index is -0.752. The fourth-order valence-electron chi connectivity index (χ4n) is 2.96. The predicted octanol–water partition coefficient (Wildman–Crippen LogP) is 5.42. The van der Waals surface area contributed by atoms with Crippen LogP contribution in [0.3, 0.4) is 0 Å². The minimum absolute atomic E-state index is 0.106. The maximum absolute atomic E-state index is 14.0. The van der Waals surface area contributed by atoms with Gasteiger partial charge in [0.15, 0.2) is 0 Å². The van der Waals surface area contributed by atoms with E-state index in [2.05, 4.69) is 10.3 Å². The molecule has 2 aromatic carbocycles. The number of carbonyl (C=O) groups excluding carboxylic acids is 1. The van der Waals surface area contributed by atoms with E-state index in [4.69, 9.17) is 27.9 Å².